The second-order valence-electron chi connectivity index (χ2n) is 6.27. The molecule has 0 atom stereocenters. The van der Waals surface area contributed by atoms with Crippen molar-refractivity contribution in [3.8, 4) is 5.75 Å². The van der Waals surface area contributed by atoms with Crippen LogP contribution in [0.3, 0.4) is 0 Å². The van der Waals surface area contributed by atoms with Gasteiger partial charge in [0.25, 0.3) is 0 Å². The van der Waals surface area contributed by atoms with Crippen molar-refractivity contribution < 1.29 is 18.7 Å². The number of aryl methyl sites for hydroxylation is 1. The molecule has 3 rings (SSSR count). The molecule has 0 saturated carbocycles. The van der Waals surface area contributed by atoms with Crippen molar-refractivity contribution in [2.45, 2.75) is 39.7 Å². The zero-order valence-corrected chi connectivity index (χ0v) is 17.2. The van der Waals surface area contributed by atoms with Gasteiger partial charge in [0.2, 0.25) is 0 Å². The first-order chi connectivity index (χ1) is 13.1. The van der Waals surface area contributed by atoms with Gasteiger partial charge in [-0.3, -0.25) is 4.79 Å². The van der Waals surface area contributed by atoms with Gasteiger partial charge in [0.1, 0.15) is 23.7 Å². The topological polar surface area (TPSA) is 48.7 Å². The van der Waals surface area contributed by atoms with Crippen LogP contribution in [0.25, 0.3) is 11.0 Å². The minimum atomic E-state index is -0.252. The van der Waals surface area contributed by atoms with E-state index in [1.54, 1.807) is 6.92 Å². The second-order valence-corrected chi connectivity index (χ2v) is 7.19. The van der Waals surface area contributed by atoms with E-state index in [1.165, 1.54) is 0 Å². The van der Waals surface area contributed by atoms with Crippen LogP contribution in [-0.4, -0.2) is 12.6 Å². The Labute approximate surface area is 167 Å². The van der Waals surface area contributed by atoms with Crippen LogP contribution in [0.1, 0.15) is 37.2 Å². The number of carbonyl (C=O) groups is 1. The monoisotopic (exact) mass is 430 g/mol. The highest BCUT2D eigenvalue weighted by molar-refractivity contribution is 9.10. The fraction of sp³-hybridized carbons (Fsp3) is 0.318. The molecule has 4 nitrogen and oxygen atoms in total. The molecule has 2 aromatic carbocycles. The largest absolute Gasteiger partial charge is 0.488 e. The van der Waals surface area contributed by atoms with E-state index in [0.29, 0.717) is 19.0 Å². The summed E-state index contributed by atoms with van der Waals surface area (Å²) in [6.45, 7) is 4.69. The molecule has 27 heavy (non-hydrogen) atoms. The van der Waals surface area contributed by atoms with Gasteiger partial charge in [-0.05, 0) is 37.6 Å². The predicted molar refractivity (Wildman–Crippen MR) is 109 cm³/mol. The van der Waals surface area contributed by atoms with Crippen molar-refractivity contribution in [1.29, 1.82) is 0 Å². The molecule has 0 saturated heterocycles. The van der Waals surface area contributed by atoms with Crippen molar-refractivity contribution in [2.24, 2.45) is 0 Å². The molecule has 0 N–H and O–H groups in total. The quantitative estimate of drug-likeness (QED) is 0.421. The third-order valence-electron chi connectivity index (χ3n) is 4.30. The van der Waals surface area contributed by atoms with E-state index in [9.17, 15) is 4.79 Å². The van der Waals surface area contributed by atoms with Crippen LogP contribution in [0.2, 0.25) is 0 Å². The van der Waals surface area contributed by atoms with Gasteiger partial charge in [0.15, 0.2) is 0 Å². The number of furan rings is 1. The fourth-order valence-electron chi connectivity index (χ4n) is 3.07. The van der Waals surface area contributed by atoms with Gasteiger partial charge in [-0.25, -0.2) is 0 Å². The highest BCUT2D eigenvalue weighted by Gasteiger charge is 2.16. The molecule has 0 amide bonds. The summed E-state index contributed by atoms with van der Waals surface area (Å²) in [4.78, 5) is 11.9. The average Bonchev–Trinajstić information content (AvgIpc) is 2.98. The number of carbonyl (C=O) groups excluding carboxylic acids is 1. The maximum absolute atomic E-state index is 11.9. The van der Waals surface area contributed by atoms with Crippen molar-refractivity contribution >= 4 is 32.9 Å². The van der Waals surface area contributed by atoms with Crippen LogP contribution in [-0.2, 0) is 29.0 Å². The lowest BCUT2D eigenvalue weighted by Crippen LogP contribution is -2.09. The summed E-state index contributed by atoms with van der Waals surface area (Å²) >= 11 is 3.53. The van der Waals surface area contributed by atoms with E-state index >= 15 is 0 Å². The SMILES string of the molecule is CCCc1oc2ccc(Br)cc2c1COc1ccccc1CC(=O)OCC. The highest BCUT2D eigenvalue weighted by Crippen LogP contribution is 2.31. The van der Waals surface area contributed by atoms with Crippen molar-refractivity contribution in [2.75, 3.05) is 6.61 Å². The van der Waals surface area contributed by atoms with Gasteiger partial charge in [0, 0.05) is 27.4 Å². The predicted octanol–water partition coefficient (Wildman–Crippen LogP) is 5.83. The first kappa shape index (κ1) is 19.5. The van der Waals surface area contributed by atoms with Crippen LogP contribution in [0.15, 0.2) is 51.4 Å². The molecular formula is C22H23BrO4. The number of fused-ring (bicyclic) bond motifs is 1. The maximum Gasteiger partial charge on any atom is 0.310 e. The Morgan fingerprint density at radius 3 is 2.74 bits per heavy atom. The molecule has 0 spiro atoms. The van der Waals surface area contributed by atoms with Gasteiger partial charge in [-0.2, -0.15) is 0 Å². The number of hydrogen-bond acceptors (Lipinski definition) is 4. The minimum Gasteiger partial charge on any atom is -0.488 e. The lowest BCUT2D eigenvalue weighted by atomic mass is 10.1. The molecule has 0 radical (unpaired) electrons. The zero-order valence-electron chi connectivity index (χ0n) is 15.6. The number of benzene rings is 2. The fourth-order valence-corrected chi connectivity index (χ4v) is 3.43. The highest BCUT2D eigenvalue weighted by atomic mass is 79.9. The van der Waals surface area contributed by atoms with Gasteiger partial charge >= 0.3 is 5.97 Å². The number of hydrogen-bond donors (Lipinski definition) is 0. The number of para-hydroxylation sites is 1. The maximum atomic E-state index is 11.9. The van der Waals surface area contributed by atoms with E-state index < -0.39 is 0 Å². The molecule has 0 unspecified atom stereocenters. The van der Waals surface area contributed by atoms with Crippen molar-refractivity contribution in [3.63, 3.8) is 0 Å². The standard InChI is InChI=1S/C22H23BrO4/c1-3-7-20-18(17-13-16(23)10-11-21(17)27-20)14-26-19-9-6-5-8-15(19)12-22(24)25-4-2/h5-6,8-11,13H,3-4,7,12,14H2,1-2H3. The van der Waals surface area contributed by atoms with Crippen LogP contribution >= 0.6 is 15.9 Å². The second kappa shape index (κ2) is 9.09. The average molecular weight is 431 g/mol. The van der Waals surface area contributed by atoms with Gasteiger partial charge in [-0.15, -0.1) is 0 Å². The summed E-state index contributed by atoms with van der Waals surface area (Å²) in [6.07, 6.45) is 2.05. The summed E-state index contributed by atoms with van der Waals surface area (Å²) in [5, 5.41) is 1.05. The van der Waals surface area contributed by atoms with E-state index in [-0.39, 0.29) is 12.4 Å². The third-order valence-corrected chi connectivity index (χ3v) is 4.79. The number of esters is 1. The molecule has 0 aliphatic carbocycles. The molecular weight excluding hydrogens is 408 g/mol. The molecule has 0 aliphatic rings. The zero-order chi connectivity index (χ0) is 19.2. The van der Waals surface area contributed by atoms with Crippen LogP contribution in [0.5, 0.6) is 5.75 Å². The molecule has 1 heterocycles. The Bertz CT molecular complexity index is 929. The van der Waals surface area contributed by atoms with Gasteiger partial charge in [-0.1, -0.05) is 41.1 Å². The molecule has 0 bridgehead atoms. The summed E-state index contributed by atoms with van der Waals surface area (Å²) < 4.78 is 18.2. The summed E-state index contributed by atoms with van der Waals surface area (Å²) in [6, 6.07) is 13.6. The van der Waals surface area contributed by atoms with Crippen LogP contribution in [0.4, 0.5) is 0 Å². The van der Waals surface area contributed by atoms with E-state index in [0.717, 1.165) is 45.2 Å². The Kier molecular flexibility index (Phi) is 6.56. The summed E-state index contributed by atoms with van der Waals surface area (Å²) in [7, 11) is 0. The molecule has 3 aromatic rings. The first-order valence-electron chi connectivity index (χ1n) is 9.18. The molecule has 0 fully saturated rings. The van der Waals surface area contributed by atoms with Gasteiger partial charge in [0.05, 0.1) is 13.0 Å². The van der Waals surface area contributed by atoms with E-state index in [4.69, 9.17) is 13.9 Å². The number of halogens is 1. The summed E-state index contributed by atoms with van der Waals surface area (Å²) in [5.41, 5.74) is 2.74. The third kappa shape index (κ3) is 4.72. The normalized spacial score (nSPS) is 10.9. The molecule has 1 aromatic heterocycles. The number of ether oxygens (including phenoxy) is 2. The molecule has 0 aliphatic heterocycles. The Balaban J connectivity index is 1.86. The van der Waals surface area contributed by atoms with Crippen LogP contribution < -0.4 is 4.74 Å². The van der Waals surface area contributed by atoms with E-state index in [2.05, 4.69) is 28.9 Å². The lowest BCUT2D eigenvalue weighted by molar-refractivity contribution is -0.142. The molecule has 5 heteroatoms. The van der Waals surface area contributed by atoms with Crippen molar-refractivity contribution in [3.05, 3.63) is 63.8 Å². The lowest BCUT2D eigenvalue weighted by Gasteiger charge is -2.11. The van der Waals surface area contributed by atoms with Crippen LogP contribution in [0, 0.1) is 0 Å². The van der Waals surface area contributed by atoms with Gasteiger partial charge < -0.3 is 13.9 Å². The Morgan fingerprint density at radius 2 is 1.96 bits per heavy atom. The summed E-state index contributed by atoms with van der Waals surface area (Å²) in [5.74, 6) is 1.39. The smallest absolute Gasteiger partial charge is 0.310 e. The Hall–Kier alpha value is -2.27. The minimum absolute atomic E-state index is 0.198. The Morgan fingerprint density at radius 1 is 1.15 bits per heavy atom. The first-order valence-corrected chi connectivity index (χ1v) is 9.97. The molecule has 142 valence electrons. The number of rotatable bonds is 8. The van der Waals surface area contributed by atoms with E-state index in [1.807, 2.05) is 36.4 Å². The van der Waals surface area contributed by atoms with Crippen molar-refractivity contribution in [1.82, 2.24) is 0 Å².